The first-order valence-electron chi connectivity index (χ1n) is 11.3. The van der Waals surface area contributed by atoms with Crippen molar-refractivity contribution in [3.63, 3.8) is 0 Å². The minimum atomic E-state index is -0.658. The first kappa shape index (κ1) is 24.6. The van der Waals surface area contributed by atoms with E-state index >= 15 is 0 Å². The number of carbonyl (C=O) groups is 2. The molecule has 1 heterocycles. The van der Waals surface area contributed by atoms with Gasteiger partial charge in [-0.1, -0.05) is 24.3 Å². The molecule has 9 heteroatoms. The average Bonchev–Trinajstić information content (AvgIpc) is 2.75. The molecule has 4 rings (SSSR count). The second-order valence-corrected chi connectivity index (χ2v) is 10.5. The van der Waals surface area contributed by atoms with E-state index in [4.69, 9.17) is 9.31 Å². The summed E-state index contributed by atoms with van der Waals surface area (Å²) in [5, 5.41) is 12.3. The zero-order valence-corrected chi connectivity index (χ0v) is 20.6. The maximum absolute atomic E-state index is 13.4. The summed E-state index contributed by atoms with van der Waals surface area (Å²) in [6.07, 6.45) is 0. The monoisotopic (exact) mass is 474 g/mol. The third kappa shape index (κ3) is 4.96. The van der Waals surface area contributed by atoms with Crippen LogP contribution in [0.2, 0.25) is 0 Å². The Morgan fingerprint density at radius 2 is 1.40 bits per heavy atom. The van der Waals surface area contributed by atoms with Gasteiger partial charge in [0.05, 0.1) is 16.2 Å². The molecule has 3 aromatic carbocycles. The molecule has 3 aromatic rings. The van der Waals surface area contributed by atoms with Crippen molar-refractivity contribution in [2.75, 3.05) is 4.90 Å². The summed E-state index contributed by atoms with van der Waals surface area (Å²) in [5.74, 6) is -1.09. The fraction of sp³-hybridized carbons (Fsp3) is 0.308. The van der Waals surface area contributed by atoms with E-state index in [2.05, 4.69) is 0 Å². The number of benzene rings is 3. The molecule has 0 N–H and O–H groups in total. The lowest BCUT2D eigenvalue weighted by Crippen LogP contribution is -2.47. The molecular weight excluding hydrogens is 447 g/mol. The second-order valence-electron chi connectivity index (χ2n) is 10.5. The van der Waals surface area contributed by atoms with Crippen LogP contribution >= 0.6 is 0 Å². The average molecular weight is 474 g/mol. The minimum Gasteiger partial charge on any atom is -0.403 e. The van der Waals surface area contributed by atoms with Crippen molar-refractivity contribution in [2.24, 2.45) is 0 Å². The summed E-state index contributed by atoms with van der Waals surface area (Å²) in [5.41, 5.74) is 0.384. The highest BCUT2D eigenvalue weighted by Gasteiger charge is 2.36. The van der Waals surface area contributed by atoms with Crippen LogP contribution in [0.1, 0.15) is 62.3 Å². The van der Waals surface area contributed by atoms with Gasteiger partial charge in [0.15, 0.2) is 0 Å². The van der Waals surface area contributed by atoms with Gasteiger partial charge >= 0.3 is 7.12 Å². The number of nitro groups is 1. The van der Waals surface area contributed by atoms with Crippen molar-refractivity contribution in [1.29, 1.82) is 0 Å². The molecule has 0 bridgehead atoms. The summed E-state index contributed by atoms with van der Waals surface area (Å²) in [7, 11) is -0.658. The van der Waals surface area contributed by atoms with Gasteiger partial charge in [0.1, 0.15) is 0 Å². The van der Waals surface area contributed by atoms with Crippen molar-refractivity contribution in [3.8, 4) is 0 Å². The molecule has 0 radical (unpaired) electrons. The van der Waals surface area contributed by atoms with E-state index in [1.807, 2.05) is 41.5 Å². The SMILES string of the molecule is CC(C)(C)OB(OC(C)(C)C)c1ccc(N2C(=O)c3cccc4cc([N+](=O)[O-])cc(c34)C2=O)cc1. The van der Waals surface area contributed by atoms with Gasteiger partial charge in [0.25, 0.3) is 17.5 Å². The predicted octanol–water partition coefficient (Wildman–Crippen LogP) is 4.87. The van der Waals surface area contributed by atoms with E-state index in [0.29, 0.717) is 22.0 Å². The van der Waals surface area contributed by atoms with Crippen molar-refractivity contribution in [3.05, 3.63) is 75.8 Å². The molecule has 180 valence electrons. The molecule has 0 aliphatic carbocycles. The lowest BCUT2D eigenvalue weighted by molar-refractivity contribution is -0.384. The number of nitrogens with zero attached hydrogens (tertiary/aromatic N) is 2. The Balaban J connectivity index is 1.74. The second kappa shape index (κ2) is 8.59. The topological polar surface area (TPSA) is 99.0 Å². The van der Waals surface area contributed by atoms with Crippen molar-refractivity contribution in [1.82, 2.24) is 0 Å². The highest BCUT2D eigenvalue weighted by molar-refractivity contribution is 6.61. The van der Waals surface area contributed by atoms with Crippen LogP contribution in [-0.4, -0.2) is 35.1 Å². The first-order valence-corrected chi connectivity index (χ1v) is 11.3. The number of hydrogen-bond donors (Lipinski definition) is 0. The van der Waals surface area contributed by atoms with Gasteiger partial charge in [-0.3, -0.25) is 19.7 Å². The number of imide groups is 1. The van der Waals surface area contributed by atoms with Crippen LogP contribution in [-0.2, 0) is 9.31 Å². The summed E-state index contributed by atoms with van der Waals surface area (Å²) in [4.78, 5) is 38.7. The van der Waals surface area contributed by atoms with Crippen LogP contribution in [0.5, 0.6) is 0 Å². The number of non-ortho nitro benzene ring substituents is 1. The highest BCUT2D eigenvalue weighted by Crippen LogP contribution is 2.35. The standard InChI is InChI=1S/C26H27BN2O6/c1-25(2,3)34-27(35-26(4,5)6)17-10-12-18(13-11-17)28-23(30)20-9-7-8-16-14-19(29(32)33)15-21(22(16)20)24(28)31/h7-15H,1-6H3. The van der Waals surface area contributed by atoms with E-state index in [0.717, 1.165) is 10.4 Å². The first-order chi connectivity index (χ1) is 16.2. The Hall–Kier alpha value is -3.56. The van der Waals surface area contributed by atoms with Crippen molar-refractivity contribution >= 4 is 46.5 Å². The molecule has 0 atom stereocenters. The summed E-state index contributed by atoms with van der Waals surface area (Å²) in [6.45, 7) is 11.6. The van der Waals surface area contributed by atoms with Crippen LogP contribution in [0.25, 0.3) is 10.8 Å². The Bertz CT molecular complexity index is 1320. The fourth-order valence-corrected chi connectivity index (χ4v) is 4.01. The van der Waals surface area contributed by atoms with Crippen LogP contribution < -0.4 is 10.4 Å². The van der Waals surface area contributed by atoms with Gasteiger partial charge in [-0.05, 0) is 70.6 Å². The third-order valence-corrected chi connectivity index (χ3v) is 5.38. The summed E-state index contributed by atoms with van der Waals surface area (Å²) in [6, 6.07) is 14.3. The van der Waals surface area contributed by atoms with E-state index in [9.17, 15) is 19.7 Å². The Morgan fingerprint density at radius 3 is 1.94 bits per heavy atom. The van der Waals surface area contributed by atoms with Gasteiger partial charge in [-0.25, -0.2) is 4.90 Å². The fourth-order valence-electron chi connectivity index (χ4n) is 4.01. The molecule has 0 saturated carbocycles. The summed E-state index contributed by atoms with van der Waals surface area (Å²) < 4.78 is 12.2. The number of hydrogen-bond acceptors (Lipinski definition) is 6. The molecule has 0 unspecified atom stereocenters. The van der Waals surface area contributed by atoms with Crippen LogP contribution in [0.4, 0.5) is 11.4 Å². The van der Waals surface area contributed by atoms with Gasteiger partial charge in [0.2, 0.25) is 0 Å². The normalized spacial score (nSPS) is 13.9. The maximum atomic E-state index is 13.4. The van der Waals surface area contributed by atoms with Crippen LogP contribution in [0, 0.1) is 10.1 Å². The number of nitro benzene ring substituents is 1. The summed E-state index contributed by atoms with van der Waals surface area (Å²) >= 11 is 0. The number of rotatable bonds is 5. The quantitative estimate of drug-likeness (QED) is 0.226. The van der Waals surface area contributed by atoms with E-state index < -0.39 is 35.1 Å². The van der Waals surface area contributed by atoms with Crippen molar-refractivity contribution < 1.29 is 23.8 Å². The minimum absolute atomic E-state index is 0.124. The molecule has 35 heavy (non-hydrogen) atoms. The molecule has 0 spiro atoms. The zero-order valence-electron chi connectivity index (χ0n) is 20.6. The molecular formula is C26H27BN2O6. The number of anilines is 1. The van der Waals surface area contributed by atoms with E-state index in [1.165, 1.54) is 12.1 Å². The van der Waals surface area contributed by atoms with Gasteiger partial charge in [0, 0.05) is 34.3 Å². The Kier molecular flexibility index (Phi) is 6.03. The Labute approximate surface area is 204 Å². The number of carbonyl (C=O) groups excluding carboxylic acids is 2. The van der Waals surface area contributed by atoms with Crippen molar-refractivity contribution in [2.45, 2.75) is 52.7 Å². The zero-order chi connectivity index (χ0) is 25.7. The predicted molar refractivity (Wildman–Crippen MR) is 135 cm³/mol. The van der Waals surface area contributed by atoms with Crippen LogP contribution in [0.15, 0.2) is 54.6 Å². The van der Waals surface area contributed by atoms with E-state index in [-0.39, 0.29) is 11.3 Å². The van der Waals surface area contributed by atoms with E-state index in [1.54, 1.807) is 42.5 Å². The smallest absolute Gasteiger partial charge is 0.403 e. The lowest BCUT2D eigenvalue weighted by Gasteiger charge is -2.31. The number of amides is 2. The molecule has 8 nitrogen and oxygen atoms in total. The maximum Gasteiger partial charge on any atom is 0.494 e. The Morgan fingerprint density at radius 1 is 0.829 bits per heavy atom. The highest BCUT2D eigenvalue weighted by atomic mass is 16.6. The van der Waals surface area contributed by atoms with Crippen LogP contribution in [0.3, 0.4) is 0 Å². The molecule has 2 amide bonds. The van der Waals surface area contributed by atoms with Gasteiger partial charge < -0.3 is 9.31 Å². The molecule has 1 aliphatic heterocycles. The van der Waals surface area contributed by atoms with Gasteiger partial charge in [-0.15, -0.1) is 0 Å². The largest absolute Gasteiger partial charge is 0.494 e. The molecule has 1 aliphatic rings. The van der Waals surface area contributed by atoms with Gasteiger partial charge in [-0.2, -0.15) is 0 Å². The lowest BCUT2D eigenvalue weighted by atomic mass is 9.76. The third-order valence-electron chi connectivity index (χ3n) is 5.38. The molecule has 0 fully saturated rings. The molecule has 0 aromatic heterocycles. The molecule has 0 saturated heterocycles.